The molecule has 0 N–H and O–H groups in total. The summed E-state index contributed by atoms with van der Waals surface area (Å²) in [7, 11) is 1.71. The summed E-state index contributed by atoms with van der Waals surface area (Å²) in [6.45, 7) is 0.787. The van der Waals surface area contributed by atoms with Crippen LogP contribution in [-0.4, -0.2) is 23.1 Å². The number of aromatic nitrogens is 2. The maximum Gasteiger partial charge on any atom is 0.173 e. The zero-order valence-corrected chi connectivity index (χ0v) is 9.18. The van der Waals surface area contributed by atoms with Crippen molar-refractivity contribution in [1.29, 1.82) is 0 Å². The Kier molecular flexibility index (Phi) is 4.24. The van der Waals surface area contributed by atoms with E-state index in [9.17, 15) is 0 Å². The molecule has 11 heavy (non-hydrogen) atoms. The fourth-order valence-electron chi connectivity index (χ4n) is 0.709. The standard InChI is InChI=1S/C6H9IN2OS/c1-10-4-2-3-5-8-6(7)11-9-5/h2-4H2,1H3. The zero-order chi connectivity index (χ0) is 8.10. The summed E-state index contributed by atoms with van der Waals surface area (Å²) in [6.07, 6.45) is 1.93. The molecule has 0 aliphatic rings. The van der Waals surface area contributed by atoms with Crippen molar-refractivity contribution in [3.05, 3.63) is 8.84 Å². The molecule has 0 spiro atoms. The summed E-state index contributed by atoms with van der Waals surface area (Å²) < 4.78 is 10.1. The van der Waals surface area contributed by atoms with Gasteiger partial charge in [0.15, 0.2) is 3.01 Å². The van der Waals surface area contributed by atoms with Gasteiger partial charge in [-0.25, -0.2) is 4.98 Å². The Hall–Kier alpha value is 0.250. The van der Waals surface area contributed by atoms with Crippen LogP contribution in [0.4, 0.5) is 0 Å². The molecule has 0 amide bonds. The maximum absolute atomic E-state index is 4.92. The van der Waals surface area contributed by atoms with Crippen LogP contribution in [0.2, 0.25) is 0 Å². The molecule has 0 bridgehead atoms. The maximum atomic E-state index is 4.92. The first kappa shape index (κ1) is 9.34. The number of aryl methyl sites for hydroxylation is 1. The topological polar surface area (TPSA) is 35.0 Å². The SMILES string of the molecule is COCCCc1nsc(I)n1. The van der Waals surface area contributed by atoms with Crippen LogP contribution in [0.5, 0.6) is 0 Å². The van der Waals surface area contributed by atoms with Gasteiger partial charge in [-0.1, -0.05) is 0 Å². The molecule has 1 aromatic rings. The molecular weight excluding hydrogens is 275 g/mol. The lowest BCUT2D eigenvalue weighted by Crippen LogP contribution is -1.93. The largest absolute Gasteiger partial charge is 0.385 e. The van der Waals surface area contributed by atoms with E-state index in [4.69, 9.17) is 4.74 Å². The second-order valence-electron chi connectivity index (χ2n) is 2.06. The van der Waals surface area contributed by atoms with Crippen molar-refractivity contribution in [2.45, 2.75) is 12.8 Å². The number of nitrogens with zero attached hydrogens (tertiary/aromatic N) is 2. The summed E-state index contributed by atoms with van der Waals surface area (Å²) >= 11 is 3.62. The third kappa shape index (κ3) is 3.44. The lowest BCUT2D eigenvalue weighted by atomic mass is 10.3. The number of ether oxygens (including phenoxy) is 1. The number of methoxy groups -OCH3 is 1. The molecule has 5 heteroatoms. The smallest absolute Gasteiger partial charge is 0.173 e. The van der Waals surface area contributed by atoms with Crippen molar-refractivity contribution in [1.82, 2.24) is 9.36 Å². The Morgan fingerprint density at radius 2 is 2.45 bits per heavy atom. The number of rotatable bonds is 4. The Morgan fingerprint density at radius 3 is 3.00 bits per heavy atom. The predicted octanol–water partition coefficient (Wildman–Crippen LogP) is 1.72. The number of halogens is 1. The highest BCUT2D eigenvalue weighted by molar-refractivity contribution is 14.1. The highest BCUT2D eigenvalue weighted by Gasteiger charge is 1.99. The monoisotopic (exact) mass is 284 g/mol. The van der Waals surface area contributed by atoms with Crippen molar-refractivity contribution >= 4 is 34.1 Å². The molecule has 1 rings (SSSR count). The lowest BCUT2D eigenvalue weighted by Gasteiger charge is -1.93. The third-order valence-electron chi connectivity index (χ3n) is 1.19. The average Bonchev–Trinajstić information content (AvgIpc) is 2.37. The summed E-state index contributed by atoms with van der Waals surface area (Å²) in [5.41, 5.74) is 0. The highest BCUT2D eigenvalue weighted by atomic mass is 127. The first-order valence-corrected chi connectivity index (χ1v) is 5.15. The van der Waals surface area contributed by atoms with Gasteiger partial charge in [0, 0.05) is 20.1 Å². The summed E-state index contributed by atoms with van der Waals surface area (Å²) in [5, 5.41) is 0. The molecule has 0 saturated heterocycles. The molecule has 1 heterocycles. The van der Waals surface area contributed by atoms with E-state index in [0.717, 1.165) is 28.3 Å². The number of hydrogen-bond acceptors (Lipinski definition) is 4. The molecule has 0 fully saturated rings. The molecule has 0 saturated carbocycles. The first-order valence-electron chi connectivity index (χ1n) is 3.30. The van der Waals surface area contributed by atoms with Crippen molar-refractivity contribution in [2.24, 2.45) is 0 Å². The molecule has 0 atom stereocenters. The zero-order valence-electron chi connectivity index (χ0n) is 6.21. The van der Waals surface area contributed by atoms with Gasteiger partial charge in [-0.05, 0) is 40.5 Å². The highest BCUT2D eigenvalue weighted by Crippen LogP contribution is 2.08. The average molecular weight is 284 g/mol. The summed E-state index contributed by atoms with van der Waals surface area (Å²) in [4.78, 5) is 4.22. The molecule has 3 nitrogen and oxygen atoms in total. The molecule has 0 aliphatic heterocycles. The van der Waals surface area contributed by atoms with Gasteiger partial charge in [-0.2, -0.15) is 4.37 Å². The van der Waals surface area contributed by atoms with E-state index >= 15 is 0 Å². The van der Waals surface area contributed by atoms with Gasteiger partial charge in [0.05, 0.1) is 0 Å². The van der Waals surface area contributed by atoms with Crippen LogP contribution in [0, 0.1) is 3.01 Å². The Morgan fingerprint density at radius 1 is 1.64 bits per heavy atom. The molecule has 0 radical (unpaired) electrons. The Bertz CT molecular complexity index is 216. The fourth-order valence-corrected chi connectivity index (χ4v) is 1.74. The minimum Gasteiger partial charge on any atom is -0.385 e. The second kappa shape index (κ2) is 5.00. The minimum absolute atomic E-state index is 0.787. The van der Waals surface area contributed by atoms with Crippen LogP contribution in [-0.2, 0) is 11.2 Å². The lowest BCUT2D eigenvalue weighted by molar-refractivity contribution is 0.194. The molecule has 0 aliphatic carbocycles. The van der Waals surface area contributed by atoms with Crippen LogP contribution >= 0.6 is 34.1 Å². The van der Waals surface area contributed by atoms with Gasteiger partial charge in [0.2, 0.25) is 0 Å². The Balaban J connectivity index is 2.27. The Labute approximate surface area is 83.5 Å². The van der Waals surface area contributed by atoms with Gasteiger partial charge >= 0.3 is 0 Å². The van der Waals surface area contributed by atoms with Crippen LogP contribution < -0.4 is 0 Å². The van der Waals surface area contributed by atoms with E-state index < -0.39 is 0 Å². The summed E-state index contributed by atoms with van der Waals surface area (Å²) in [5.74, 6) is 0.941. The third-order valence-corrected chi connectivity index (χ3v) is 2.57. The van der Waals surface area contributed by atoms with Crippen molar-refractivity contribution in [2.75, 3.05) is 13.7 Å². The van der Waals surface area contributed by atoms with E-state index in [1.54, 1.807) is 7.11 Å². The first-order chi connectivity index (χ1) is 5.33. The van der Waals surface area contributed by atoms with Crippen LogP contribution in [0.15, 0.2) is 0 Å². The van der Waals surface area contributed by atoms with Crippen molar-refractivity contribution in [3.63, 3.8) is 0 Å². The van der Waals surface area contributed by atoms with Crippen molar-refractivity contribution in [3.8, 4) is 0 Å². The van der Waals surface area contributed by atoms with Gasteiger partial charge < -0.3 is 4.74 Å². The normalized spacial score (nSPS) is 10.4. The predicted molar refractivity (Wildman–Crippen MR) is 52.8 cm³/mol. The van der Waals surface area contributed by atoms with Crippen LogP contribution in [0.1, 0.15) is 12.2 Å². The van der Waals surface area contributed by atoms with Gasteiger partial charge in [0.25, 0.3) is 0 Å². The van der Waals surface area contributed by atoms with Gasteiger partial charge in [0.1, 0.15) is 5.82 Å². The molecular formula is C6H9IN2OS. The molecule has 1 aromatic heterocycles. The van der Waals surface area contributed by atoms with E-state index in [-0.39, 0.29) is 0 Å². The second-order valence-corrected chi connectivity index (χ2v) is 4.57. The van der Waals surface area contributed by atoms with Gasteiger partial charge in [-0.15, -0.1) is 0 Å². The van der Waals surface area contributed by atoms with Crippen molar-refractivity contribution < 1.29 is 4.74 Å². The number of hydrogen-bond donors (Lipinski definition) is 0. The van der Waals surface area contributed by atoms with Crippen LogP contribution in [0.3, 0.4) is 0 Å². The van der Waals surface area contributed by atoms with E-state index in [2.05, 4.69) is 31.9 Å². The van der Waals surface area contributed by atoms with Crippen LogP contribution in [0.25, 0.3) is 0 Å². The van der Waals surface area contributed by atoms with Gasteiger partial charge in [-0.3, -0.25) is 0 Å². The summed E-state index contributed by atoms with van der Waals surface area (Å²) in [6, 6.07) is 0. The van der Waals surface area contributed by atoms with E-state index in [0.29, 0.717) is 0 Å². The minimum atomic E-state index is 0.787. The molecule has 62 valence electrons. The van der Waals surface area contributed by atoms with E-state index in [1.165, 1.54) is 11.5 Å². The quantitative estimate of drug-likeness (QED) is 0.624. The molecule has 0 unspecified atom stereocenters. The van der Waals surface area contributed by atoms with E-state index in [1.807, 2.05) is 0 Å². The molecule has 0 aromatic carbocycles. The fraction of sp³-hybridized carbons (Fsp3) is 0.667.